The lowest BCUT2D eigenvalue weighted by molar-refractivity contribution is -0.120. The number of piperidine rings is 1. The van der Waals surface area contributed by atoms with Crippen molar-refractivity contribution in [3.63, 3.8) is 0 Å². The number of halogens is 3. The monoisotopic (exact) mass is 412 g/mol. The molecule has 1 amide bonds. The third-order valence-electron chi connectivity index (χ3n) is 4.63. The number of nitrogens with zero attached hydrogens (tertiary/aromatic N) is 1. The van der Waals surface area contributed by atoms with Crippen LogP contribution in [-0.2, 0) is 14.6 Å². The fourth-order valence-electron chi connectivity index (χ4n) is 3.25. The number of hydrogen-bond donors (Lipinski definition) is 1. The molecule has 1 aliphatic heterocycles. The number of anilines is 2. The number of para-hydroxylation sites is 2. The highest BCUT2D eigenvalue weighted by molar-refractivity contribution is 7.92. The Morgan fingerprint density at radius 2 is 1.68 bits per heavy atom. The molecule has 1 aliphatic rings. The van der Waals surface area contributed by atoms with Crippen molar-refractivity contribution in [1.82, 2.24) is 0 Å². The summed E-state index contributed by atoms with van der Waals surface area (Å²) in [4.78, 5) is 13.3. The van der Waals surface area contributed by atoms with E-state index in [1.807, 2.05) is 6.07 Å². The first-order valence-electron chi connectivity index (χ1n) is 8.71. The molecule has 0 radical (unpaired) electrons. The molecule has 28 heavy (non-hydrogen) atoms. The van der Waals surface area contributed by atoms with Gasteiger partial charge in [0.2, 0.25) is 5.91 Å². The molecule has 3 rings (SSSR count). The molecule has 1 atom stereocenters. The summed E-state index contributed by atoms with van der Waals surface area (Å²) < 4.78 is 63.0. The van der Waals surface area contributed by atoms with Crippen molar-refractivity contribution < 1.29 is 26.4 Å². The van der Waals surface area contributed by atoms with Gasteiger partial charge < -0.3 is 10.2 Å². The van der Waals surface area contributed by atoms with Crippen LogP contribution in [0.3, 0.4) is 0 Å². The average Bonchev–Trinajstić information content (AvgIpc) is 2.68. The summed E-state index contributed by atoms with van der Waals surface area (Å²) >= 11 is 0. The van der Waals surface area contributed by atoms with Crippen molar-refractivity contribution in [2.45, 2.75) is 23.2 Å². The number of hydrogen-bond acceptors (Lipinski definition) is 4. The minimum atomic E-state index is -5.48. The SMILES string of the molecule is O=C(Nc1ccccc1)[C@@H]1CCCN(c2ccccc2S(=O)(=O)C(F)(F)F)C1. The van der Waals surface area contributed by atoms with Gasteiger partial charge in [0, 0.05) is 18.8 Å². The number of alkyl halides is 3. The molecule has 5 nitrogen and oxygen atoms in total. The van der Waals surface area contributed by atoms with E-state index in [0.717, 1.165) is 6.07 Å². The van der Waals surface area contributed by atoms with Crippen LogP contribution in [0.4, 0.5) is 24.5 Å². The van der Waals surface area contributed by atoms with E-state index in [9.17, 15) is 26.4 Å². The van der Waals surface area contributed by atoms with Crippen LogP contribution in [-0.4, -0.2) is 32.9 Å². The normalized spacial score (nSPS) is 18.0. The molecule has 1 N–H and O–H groups in total. The van der Waals surface area contributed by atoms with Gasteiger partial charge in [0.1, 0.15) is 0 Å². The summed E-state index contributed by atoms with van der Waals surface area (Å²) in [5.74, 6) is -0.706. The molecule has 2 aromatic rings. The Balaban J connectivity index is 1.83. The van der Waals surface area contributed by atoms with Crippen LogP contribution in [0.2, 0.25) is 0 Å². The Bertz CT molecular complexity index is 946. The predicted molar refractivity (Wildman–Crippen MR) is 99.7 cm³/mol. The molecule has 0 spiro atoms. The lowest BCUT2D eigenvalue weighted by Crippen LogP contribution is -2.41. The third-order valence-corrected chi connectivity index (χ3v) is 6.17. The summed E-state index contributed by atoms with van der Waals surface area (Å²) in [6, 6.07) is 13.9. The van der Waals surface area contributed by atoms with Gasteiger partial charge in [-0.05, 0) is 37.1 Å². The maximum Gasteiger partial charge on any atom is 0.501 e. The second-order valence-corrected chi connectivity index (χ2v) is 8.47. The molecule has 1 heterocycles. The van der Waals surface area contributed by atoms with Gasteiger partial charge in [-0.15, -0.1) is 0 Å². The van der Waals surface area contributed by atoms with E-state index in [4.69, 9.17) is 0 Å². The lowest BCUT2D eigenvalue weighted by atomic mass is 9.96. The quantitative estimate of drug-likeness (QED) is 0.829. The fourth-order valence-corrected chi connectivity index (χ4v) is 4.23. The molecule has 0 aliphatic carbocycles. The van der Waals surface area contributed by atoms with Crippen LogP contribution in [0.1, 0.15) is 12.8 Å². The molecule has 2 aromatic carbocycles. The Kier molecular flexibility index (Phi) is 5.64. The minimum absolute atomic E-state index is 0.0305. The predicted octanol–water partition coefficient (Wildman–Crippen LogP) is 3.84. The van der Waals surface area contributed by atoms with Crippen molar-refractivity contribution >= 4 is 27.1 Å². The first-order chi connectivity index (χ1) is 13.2. The first-order valence-corrected chi connectivity index (χ1v) is 10.2. The van der Waals surface area contributed by atoms with E-state index < -0.39 is 26.2 Å². The summed E-state index contributed by atoms with van der Waals surface area (Å²) in [5.41, 5.74) is -4.79. The van der Waals surface area contributed by atoms with Gasteiger partial charge in [0.25, 0.3) is 9.84 Å². The lowest BCUT2D eigenvalue weighted by Gasteiger charge is -2.34. The molecule has 1 saturated heterocycles. The van der Waals surface area contributed by atoms with E-state index in [1.54, 1.807) is 24.3 Å². The highest BCUT2D eigenvalue weighted by Gasteiger charge is 2.48. The number of benzene rings is 2. The highest BCUT2D eigenvalue weighted by atomic mass is 32.2. The summed E-state index contributed by atoms with van der Waals surface area (Å²) in [6.07, 6.45) is 1.14. The molecule has 0 unspecified atom stereocenters. The first kappa shape index (κ1) is 20.2. The average molecular weight is 412 g/mol. The van der Waals surface area contributed by atoms with Crippen LogP contribution < -0.4 is 10.2 Å². The maximum atomic E-state index is 13.0. The van der Waals surface area contributed by atoms with Gasteiger partial charge in [-0.2, -0.15) is 13.2 Å². The van der Waals surface area contributed by atoms with Gasteiger partial charge in [-0.1, -0.05) is 30.3 Å². The highest BCUT2D eigenvalue weighted by Crippen LogP contribution is 2.37. The molecule has 0 aromatic heterocycles. The van der Waals surface area contributed by atoms with Gasteiger partial charge in [-0.3, -0.25) is 4.79 Å². The molecule has 0 bridgehead atoms. The van der Waals surface area contributed by atoms with Gasteiger partial charge in [0.05, 0.1) is 16.5 Å². The molecule has 1 fully saturated rings. The number of nitrogens with one attached hydrogen (secondary N) is 1. The zero-order valence-corrected chi connectivity index (χ0v) is 15.6. The number of amides is 1. The van der Waals surface area contributed by atoms with Crippen LogP contribution in [0.15, 0.2) is 59.5 Å². The van der Waals surface area contributed by atoms with E-state index >= 15 is 0 Å². The Morgan fingerprint density at radius 1 is 1.04 bits per heavy atom. The second-order valence-electron chi connectivity index (χ2n) is 6.56. The minimum Gasteiger partial charge on any atom is -0.370 e. The van der Waals surface area contributed by atoms with Crippen LogP contribution in [0.25, 0.3) is 0 Å². The number of rotatable bonds is 4. The van der Waals surface area contributed by atoms with E-state index in [1.165, 1.54) is 23.1 Å². The number of carbonyl (C=O) groups is 1. The van der Waals surface area contributed by atoms with Crippen molar-refractivity contribution in [3.8, 4) is 0 Å². The Labute approximate surface area is 161 Å². The maximum absolute atomic E-state index is 13.0. The molecular formula is C19H19F3N2O3S. The summed E-state index contributed by atoms with van der Waals surface area (Å²) in [7, 11) is -5.48. The number of sulfone groups is 1. The number of carbonyl (C=O) groups excluding carboxylic acids is 1. The van der Waals surface area contributed by atoms with E-state index in [0.29, 0.717) is 25.1 Å². The molecular weight excluding hydrogens is 393 g/mol. The van der Waals surface area contributed by atoms with Crippen LogP contribution in [0, 0.1) is 5.92 Å². The van der Waals surface area contributed by atoms with Gasteiger partial charge in [-0.25, -0.2) is 8.42 Å². The van der Waals surface area contributed by atoms with Gasteiger partial charge >= 0.3 is 5.51 Å². The van der Waals surface area contributed by atoms with E-state index in [2.05, 4.69) is 5.32 Å². The van der Waals surface area contributed by atoms with Crippen LogP contribution >= 0.6 is 0 Å². The van der Waals surface area contributed by atoms with E-state index in [-0.39, 0.29) is 18.1 Å². The molecule has 9 heteroatoms. The summed E-state index contributed by atoms with van der Waals surface area (Å²) in [5, 5.41) is 2.79. The van der Waals surface area contributed by atoms with Gasteiger partial charge in [0.15, 0.2) is 0 Å². The smallest absolute Gasteiger partial charge is 0.370 e. The van der Waals surface area contributed by atoms with Crippen LogP contribution in [0.5, 0.6) is 0 Å². The molecule has 0 saturated carbocycles. The standard InChI is InChI=1S/C19H19F3N2O3S/c20-19(21,22)28(26,27)17-11-5-4-10-16(17)24-12-6-7-14(13-24)18(25)23-15-8-2-1-3-9-15/h1-5,8-11,14H,6-7,12-13H2,(H,23,25)/t14-/m1/s1. The zero-order valence-electron chi connectivity index (χ0n) is 14.8. The zero-order chi connectivity index (χ0) is 20.4. The second kappa shape index (κ2) is 7.83. The van der Waals surface area contributed by atoms with Crippen molar-refractivity contribution in [2.75, 3.05) is 23.3 Å². The fraction of sp³-hybridized carbons (Fsp3) is 0.316. The van der Waals surface area contributed by atoms with Crippen molar-refractivity contribution in [3.05, 3.63) is 54.6 Å². The third kappa shape index (κ3) is 4.14. The van der Waals surface area contributed by atoms with Crippen molar-refractivity contribution in [2.24, 2.45) is 5.92 Å². The molecule has 150 valence electrons. The Hall–Kier alpha value is -2.55. The largest absolute Gasteiger partial charge is 0.501 e. The summed E-state index contributed by atoms with van der Waals surface area (Å²) in [6.45, 7) is 0.516. The Morgan fingerprint density at radius 3 is 2.36 bits per heavy atom. The van der Waals surface area contributed by atoms with Crippen molar-refractivity contribution in [1.29, 1.82) is 0 Å². The topological polar surface area (TPSA) is 66.5 Å².